The van der Waals surface area contributed by atoms with Gasteiger partial charge in [-0.15, -0.1) is 10.2 Å². The molecule has 176 valence electrons. The predicted molar refractivity (Wildman–Crippen MR) is 135 cm³/mol. The summed E-state index contributed by atoms with van der Waals surface area (Å²) in [4.78, 5) is 3.78. The number of nitriles is 1. The number of anilines is 1. The van der Waals surface area contributed by atoms with Crippen LogP contribution in [-0.2, 0) is 17.4 Å². The van der Waals surface area contributed by atoms with Crippen LogP contribution in [0.3, 0.4) is 0 Å². The summed E-state index contributed by atoms with van der Waals surface area (Å²) < 4.78 is 3.46. The Morgan fingerprint density at radius 2 is 1.74 bits per heavy atom. The van der Waals surface area contributed by atoms with E-state index < -0.39 is 5.41 Å². The summed E-state index contributed by atoms with van der Waals surface area (Å²) in [6.45, 7) is 22.5. The van der Waals surface area contributed by atoms with Crippen molar-refractivity contribution in [2.24, 2.45) is 10.2 Å². The van der Waals surface area contributed by atoms with Crippen molar-refractivity contribution >= 4 is 23.1 Å². The number of nitrogens with two attached hydrogens (primary N) is 1. The van der Waals surface area contributed by atoms with E-state index in [0.717, 1.165) is 12.1 Å². The zero-order chi connectivity index (χ0) is 25.3. The fourth-order valence-electron chi connectivity index (χ4n) is 3.96. The van der Waals surface area contributed by atoms with Crippen LogP contribution in [0.25, 0.3) is 10.5 Å². The van der Waals surface area contributed by atoms with E-state index in [1.165, 1.54) is 0 Å². The number of nitrogen functional groups attached to an aromatic ring is 1. The zero-order valence-corrected chi connectivity index (χ0v) is 21.0. The van der Waals surface area contributed by atoms with Crippen LogP contribution < -0.4 is 5.73 Å². The van der Waals surface area contributed by atoms with E-state index in [9.17, 15) is 5.26 Å². The zero-order valence-electron chi connectivity index (χ0n) is 21.0. The molecule has 34 heavy (non-hydrogen) atoms. The molecule has 0 saturated carbocycles. The molecule has 0 atom stereocenters. The van der Waals surface area contributed by atoms with Crippen LogP contribution in [0.5, 0.6) is 0 Å². The molecule has 8 nitrogen and oxygen atoms in total. The Balaban J connectivity index is 2.28. The largest absolute Gasteiger partial charge is 0.382 e. The minimum Gasteiger partial charge on any atom is -0.382 e. The highest BCUT2D eigenvalue weighted by Crippen LogP contribution is 2.44. The molecule has 0 unspecified atom stereocenters. The van der Waals surface area contributed by atoms with Crippen molar-refractivity contribution in [3.8, 4) is 11.8 Å². The molecule has 0 radical (unpaired) electrons. The Morgan fingerprint density at radius 1 is 1.09 bits per heavy atom. The van der Waals surface area contributed by atoms with E-state index in [1.54, 1.807) is 9.25 Å². The van der Waals surface area contributed by atoms with E-state index in [0.29, 0.717) is 46.5 Å². The van der Waals surface area contributed by atoms with Gasteiger partial charge in [0.15, 0.2) is 11.5 Å². The Morgan fingerprint density at radius 3 is 2.24 bits per heavy atom. The molecule has 0 aliphatic heterocycles. The standard InChI is InChI=1S/C26H32N8/c1-9-15-33-23(18(16-27)19(24(33)29-8)25(2,3)4)31-30-20-21(26(5,6)7)32-34(22(20)28)17-13-11-10-12-14-17/h10-14H,9,15,28H2,1-7H3. The number of para-hydroxylation sites is 1. The van der Waals surface area contributed by atoms with Crippen LogP contribution in [0.1, 0.15) is 71.7 Å². The molecule has 3 aromatic rings. The lowest BCUT2D eigenvalue weighted by atomic mass is 9.85. The van der Waals surface area contributed by atoms with Gasteiger partial charge in [-0.05, 0) is 24.0 Å². The highest BCUT2D eigenvalue weighted by Gasteiger charge is 2.32. The van der Waals surface area contributed by atoms with Gasteiger partial charge in [0.2, 0.25) is 11.6 Å². The summed E-state index contributed by atoms with van der Waals surface area (Å²) in [7, 11) is 0. The van der Waals surface area contributed by atoms with E-state index in [4.69, 9.17) is 17.4 Å². The van der Waals surface area contributed by atoms with Gasteiger partial charge in [0, 0.05) is 11.0 Å². The van der Waals surface area contributed by atoms with Crippen molar-refractivity contribution in [2.75, 3.05) is 5.73 Å². The second-order valence-electron chi connectivity index (χ2n) is 10.3. The van der Waals surface area contributed by atoms with E-state index in [-0.39, 0.29) is 5.41 Å². The van der Waals surface area contributed by atoms with Gasteiger partial charge in [0.05, 0.1) is 17.9 Å². The molecule has 0 spiro atoms. The molecule has 1 aromatic carbocycles. The van der Waals surface area contributed by atoms with Crippen LogP contribution in [-0.4, -0.2) is 14.3 Å². The third-order valence-electron chi connectivity index (χ3n) is 5.47. The Bertz CT molecular complexity index is 1300. The topological polar surface area (TPSA) is 102 Å². The van der Waals surface area contributed by atoms with Crippen LogP contribution in [0.4, 0.5) is 23.1 Å². The summed E-state index contributed by atoms with van der Waals surface area (Å²) in [5.41, 5.74) is 8.83. The van der Waals surface area contributed by atoms with Crippen molar-refractivity contribution in [2.45, 2.75) is 72.3 Å². The first-order valence-electron chi connectivity index (χ1n) is 11.4. The molecule has 3 rings (SSSR count). The lowest BCUT2D eigenvalue weighted by Crippen LogP contribution is -2.13. The van der Waals surface area contributed by atoms with Crippen molar-refractivity contribution < 1.29 is 0 Å². The van der Waals surface area contributed by atoms with Crippen LogP contribution in [0.2, 0.25) is 0 Å². The minimum atomic E-state index is -0.401. The van der Waals surface area contributed by atoms with E-state index in [2.05, 4.69) is 21.1 Å². The Labute approximate surface area is 201 Å². The second-order valence-corrected chi connectivity index (χ2v) is 10.3. The first-order chi connectivity index (χ1) is 16.0. The lowest BCUT2D eigenvalue weighted by molar-refractivity contribution is 0.561. The van der Waals surface area contributed by atoms with Gasteiger partial charge in [-0.25, -0.2) is 4.68 Å². The molecular weight excluding hydrogens is 424 g/mol. The highest BCUT2D eigenvalue weighted by molar-refractivity contribution is 5.70. The van der Waals surface area contributed by atoms with Crippen molar-refractivity contribution in [1.29, 1.82) is 5.26 Å². The van der Waals surface area contributed by atoms with Gasteiger partial charge < -0.3 is 10.6 Å². The summed E-state index contributed by atoms with van der Waals surface area (Å²) in [6.07, 6.45) is 0.787. The number of azo groups is 1. The van der Waals surface area contributed by atoms with Gasteiger partial charge >= 0.3 is 0 Å². The molecule has 0 bridgehead atoms. The summed E-state index contributed by atoms with van der Waals surface area (Å²) in [5, 5.41) is 23.9. The van der Waals surface area contributed by atoms with Gasteiger partial charge in [-0.2, -0.15) is 10.4 Å². The maximum absolute atomic E-state index is 10.0. The van der Waals surface area contributed by atoms with Gasteiger partial charge in [0.1, 0.15) is 11.6 Å². The number of nitrogens with zero attached hydrogens (tertiary/aromatic N) is 7. The third kappa shape index (κ3) is 4.45. The van der Waals surface area contributed by atoms with E-state index in [1.807, 2.05) is 78.8 Å². The molecule has 2 heterocycles. The first kappa shape index (κ1) is 24.7. The quantitative estimate of drug-likeness (QED) is 0.327. The fraction of sp³-hybridized carbons (Fsp3) is 0.423. The second kappa shape index (κ2) is 9.15. The van der Waals surface area contributed by atoms with Gasteiger partial charge in [-0.3, -0.25) is 4.57 Å². The normalized spacial score (nSPS) is 12.1. The van der Waals surface area contributed by atoms with Crippen LogP contribution in [0, 0.1) is 17.9 Å². The molecule has 0 aliphatic carbocycles. The number of hydrogen-bond acceptors (Lipinski definition) is 5. The smallest absolute Gasteiger partial charge is 0.242 e. The SMILES string of the molecule is [C-]#[N+]c1c(C(C)(C)C)c(C#N)c(N=Nc2c(C(C)(C)C)nn(-c3ccccc3)c2N)n1CCC. The summed E-state index contributed by atoms with van der Waals surface area (Å²) in [5.74, 6) is 1.18. The number of benzene rings is 1. The average Bonchev–Trinajstić information content (AvgIpc) is 3.27. The number of hydrogen-bond donors (Lipinski definition) is 1. The van der Waals surface area contributed by atoms with Crippen molar-refractivity contribution in [1.82, 2.24) is 14.3 Å². The molecule has 2 N–H and O–H groups in total. The molecule has 8 heteroatoms. The maximum Gasteiger partial charge on any atom is 0.242 e. The monoisotopic (exact) mass is 456 g/mol. The molecule has 0 amide bonds. The molecule has 0 saturated heterocycles. The first-order valence-corrected chi connectivity index (χ1v) is 11.4. The lowest BCUT2D eigenvalue weighted by Gasteiger charge is -2.19. The third-order valence-corrected chi connectivity index (χ3v) is 5.47. The van der Waals surface area contributed by atoms with Crippen molar-refractivity contribution in [3.05, 3.63) is 58.6 Å². The summed E-state index contributed by atoms with van der Waals surface area (Å²) >= 11 is 0. The maximum atomic E-state index is 10.0. The van der Waals surface area contributed by atoms with Gasteiger partial charge in [-0.1, -0.05) is 73.2 Å². The summed E-state index contributed by atoms with van der Waals surface area (Å²) in [6, 6.07) is 11.9. The van der Waals surface area contributed by atoms with Crippen molar-refractivity contribution in [3.63, 3.8) is 0 Å². The highest BCUT2D eigenvalue weighted by atomic mass is 15.3. The van der Waals surface area contributed by atoms with Crippen LogP contribution >= 0.6 is 0 Å². The number of rotatable bonds is 5. The number of aromatic nitrogens is 3. The Kier molecular flexibility index (Phi) is 6.65. The van der Waals surface area contributed by atoms with Gasteiger partial charge in [0.25, 0.3) is 0 Å². The molecule has 0 aliphatic rings. The molecular formula is C26H32N8. The van der Waals surface area contributed by atoms with E-state index >= 15 is 0 Å². The minimum absolute atomic E-state index is 0.343. The van der Waals surface area contributed by atoms with Crippen LogP contribution in [0.15, 0.2) is 40.6 Å². The average molecular weight is 457 g/mol. The predicted octanol–water partition coefficient (Wildman–Crippen LogP) is 7.10. The molecule has 2 aromatic heterocycles. The molecule has 0 fully saturated rings. The Hall–Kier alpha value is -3.91. The fourth-order valence-corrected chi connectivity index (χ4v) is 3.96.